The van der Waals surface area contributed by atoms with E-state index in [1.54, 1.807) is 11.3 Å². The van der Waals surface area contributed by atoms with Gasteiger partial charge in [0.2, 0.25) is 5.91 Å². The predicted octanol–water partition coefficient (Wildman–Crippen LogP) is 4.08. The van der Waals surface area contributed by atoms with Crippen LogP contribution in [0.25, 0.3) is 0 Å². The van der Waals surface area contributed by atoms with Crippen molar-refractivity contribution >= 4 is 34.7 Å². The second kappa shape index (κ2) is 9.52. The maximum Gasteiger partial charge on any atom is 0.417 e. The number of piperazine rings is 1. The summed E-state index contributed by atoms with van der Waals surface area (Å²) in [6.07, 6.45) is -2.02. The van der Waals surface area contributed by atoms with Gasteiger partial charge in [-0.1, -0.05) is 11.6 Å². The molecule has 2 saturated heterocycles. The Kier molecular flexibility index (Phi) is 6.92. The summed E-state index contributed by atoms with van der Waals surface area (Å²) in [5, 5.41) is 3.13. The normalized spacial score (nSPS) is 18.9. The summed E-state index contributed by atoms with van der Waals surface area (Å²) >= 11 is 7.72. The fraction of sp³-hybridized carbons (Fsp3) is 0.571. The number of pyridine rings is 1. The van der Waals surface area contributed by atoms with E-state index in [2.05, 4.69) is 20.2 Å². The quantitative estimate of drug-likeness (QED) is 0.650. The number of piperidine rings is 1. The van der Waals surface area contributed by atoms with Crippen LogP contribution in [0.1, 0.15) is 29.1 Å². The summed E-state index contributed by atoms with van der Waals surface area (Å²) in [5.41, 5.74) is 0.222. The highest BCUT2D eigenvalue weighted by Crippen LogP contribution is 2.34. The first-order valence-corrected chi connectivity index (χ1v) is 11.9. The Balaban J connectivity index is 1.27. The van der Waals surface area contributed by atoms with E-state index in [4.69, 9.17) is 11.6 Å². The van der Waals surface area contributed by atoms with E-state index in [9.17, 15) is 18.0 Å². The van der Waals surface area contributed by atoms with Gasteiger partial charge in [0.25, 0.3) is 0 Å². The lowest BCUT2D eigenvalue weighted by Gasteiger charge is -2.39. The predicted molar refractivity (Wildman–Crippen MR) is 118 cm³/mol. The van der Waals surface area contributed by atoms with Crippen LogP contribution in [0.3, 0.4) is 0 Å². The lowest BCUT2D eigenvalue weighted by Crippen LogP contribution is -2.52. The van der Waals surface area contributed by atoms with Crippen molar-refractivity contribution in [3.05, 3.63) is 38.9 Å². The van der Waals surface area contributed by atoms with Gasteiger partial charge in [0.15, 0.2) is 0 Å². The van der Waals surface area contributed by atoms with Gasteiger partial charge in [0, 0.05) is 50.2 Å². The molecule has 0 aliphatic carbocycles. The number of aromatic nitrogens is 2. The third-order valence-electron chi connectivity index (χ3n) is 6.03. The Hall–Kier alpha value is -1.91. The third-order valence-corrected chi connectivity index (χ3v) is 7.13. The summed E-state index contributed by atoms with van der Waals surface area (Å²) in [7, 11) is 0. The molecule has 0 bridgehead atoms. The van der Waals surface area contributed by atoms with Gasteiger partial charge in [-0.2, -0.15) is 13.2 Å². The molecule has 0 aromatic carbocycles. The maximum atomic E-state index is 13.0. The summed E-state index contributed by atoms with van der Waals surface area (Å²) in [4.78, 5) is 27.5. The zero-order chi connectivity index (χ0) is 22.9. The van der Waals surface area contributed by atoms with Crippen LogP contribution in [0.15, 0.2) is 17.6 Å². The molecule has 2 aliphatic heterocycles. The Morgan fingerprint density at radius 2 is 1.88 bits per heavy atom. The molecule has 2 aromatic heterocycles. The smallest absolute Gasteiger partial charge is 0.352 e. The highest BCUT2D eigenvalue weighted by Gasteiger charge is 2.33. The SMILES string of the molecule is Cc1nc(CN2CCC(C(=O)N3CCN(c4ncc(C(F)(F)F)cc4Cl)CC3)CC2)cs1. The molecule has 2 fully saturated rings. The number of anilines is 1. The average molecular weight is 488 g/mol. The van der Waals surface area contributed by atoms with Crippen LogP contribution in [-0.4, -0.2) is 64.9 Å². The molecule has 2 aromatic rings. The number of alkyl halides is 3. The van der Waals surface area contributed by atoms with Gasteiger partial charge < -0.3 is 9.80 Å². The number of hydrogen-bond donors (Lipinski definition) is 0. The van der Waals surface area contributed by atoms with Crippen molar-refractivity contribution in [1.29, 1.82) is 0 Å². The van der Waals surface area contributed by atoms with Crippen LogP contribution in [0.4, 0.5) is 19.0 Å². The van der Waals surface area contributed by atoms with E-state index < -0.39 is 11.7 Å². The van der Waals surface area contributed by atoms with Crippen molar-refractivity contribution in [2.75, 3.05) is 44.2 Å². The van der Waals surface area contributed by atoms with Crippen molar-refractivity contribution < 1.29 is 18.0 Å². The van der Waals surface area contributed by atoms with Crippen LogP contribution in [0, 0.1) is 12.8 Å². The second-order valence-electron chi connectivity index (χ2n) is 8.25. The summed E-state index contributed by atoms with van der Waals surface area (Å²) in [6, 6.07) is 0.905. The summed E-state index contributed by atoms with van der Waals surface area (Å²) in [6.45, 7) is 6.57. The van der Waals surface area contributed by atoms with Crippen molar-refractivity contribution in [3.8, 4) is 0 Å². The highest BCUT2D eigenvalue weighted by atomic mass is 35.5. The van der Waals surface area contributed by atoms with Gasteiger partial charge in [-0.3, -0.25) is 9.69 Å². The van der Waals surface area contributed by atoms with E-state index in [0.29, 0.717) is 32.0 Å². The van der Waals surface area contributed by atoms with Crippen molar-refractivity contribution in [2.45, 2.75) is 32.5 Å². The van der Waals surface area contributed by atoms with Gasteiger partial charge in [0.1, 0.15) is 5.82 Å². The molecular weight excluding hydrogens is 463 g/mol. The zero-order valence-electron chi connectivity index (χ0n) is 17.7. The van der Waals surface area contributed by atoms with E-state index in [1.807, 2.05) is 16.7 Å². The van der Waals surface area contributed by atoms with Crippen LogP contribution >= 0.6 is 22.9 Å². The number of carbonyl (C=O) groups is 1. The van der Waals surface area contributed by atoms with Crippen LogP contribution in [0.5, 0.6) is 0 Å². The van der Waals surface area contributed by atoms with E-state index in [1.165, 1.54) is 0 Å². The first-order valence-electron chi connectivity index (χ1n) is 10.6. The first kappa shape index (κ1) is 23.3. The minimum atomic E-state index is -4.48. The Morgan fingerprint density at radius 3 is 2.44 bits per heavy atom. The Morgan fingerprint density at radius 1 is 1.19 bits per heavy atom. The number of amides is 1. The molecule has 0 spiro atoms. The zero-order valence-corrected chi connectivity index (χ0v) is 19.3. The Bertz CT molecular complexity index is 953. The molecule has 0 atom stereocenters. The topological polar surface area (TPSA) is 52.6 Å². The molecule has 11 heteroatoms. The number of halogens is 4. The molecule has 0 saturated carbocycles. The van der Waals surface area contributed by atoms with Crippen LogP contribution < -0.4 is 4.90 Å². The number of aryl methyl sites for hydroxylation is 1. The fourth-order valence-corrected chi connectivity index (χ4v) is 5.15. The standard InChI is InChI=1S/C21H25ClF3N5OS/c1-14-27-17(13-32-14)12-28-4-2-15(3-5-28)20(31)30-8-6-29(7-9-30)19-18(22)10-16(11-26-19)21(23,24)25/h10-11,13,15H,2-9,12H2,1H3. The minimum Gasteiger partial charge on any atom is -0.352 e. The maximum absolute atomic E-state index is 13.0. The van der Waals surface area contributed by atoms with Gasteiger partial charge in [-0.25, -0.2) is 9.97 Å². The number of carbonyl (C=O) groups excluding carboxylic acids is 1. The molecule has 6 nitrogen and oxygen atoms in total. The molecule has 0 radical (unpaired) electrons. The van der Waals surface area contributed by atoms with Crippen molar-refractivity contribution in [1.82, 2.24) is 19.8 Å². The van der Waals surface area contributed by atoms with E-state index in [-0.39, 0.29) is 16.8 Å². The largest absolute Gasteiger partial charge is 0.417 e. The number of nitrogens with zero attached hydrogens (tertiary/aromatic N) is 5. The lowest BCUT2D eigenvalue weighted by atomic mass is 9.95. The number of likely N-dealkylation sites (tertiary alicyclic amines) is 1. The highest BCUT2D eigenvalue weighted by molar-refractivity contribution is 7.09. The lowest BCUT2D eigenvalue weighted by molar-refractivity contribution is -0.138. The van der Waals surface area contributed by atoms with Gasteiger partial charge in [-0.15, -0.1) is 11.3 Å². The number of rotatable bonds is 4. The molecule has 32 heavy (non-hydrogen) atoms. The minimum absolute atomic E-state index is 0.0164. The summed E-state index contributed by atoms with van der Waals surface area (Å²) in [5.74, 6) is 0.514. The number of hydrogen-bond acceptors (Lipinski definition) is 6. The molecule has 174 valence electrons. The molecule has 1 amide bonds. The third kappa shape index (κ3) is 5.35. The van der Waals surface area contributed by atoms with E-state index in [0.717, 1.165) is 55.4 Å². The monoisotopic (exact) mass is 487 g/mol. The van der Waals surface area contributed by atoms with Gasteiger partial charge in [-0.05, 0) is 38.9 Å². The van der Waals surface area contributed by atoms with Crippen LogP contribution in [0.2, 0.25) is 5.02 Å². The number of thiazole rings is 1. The average Bonchev–Trinajstić information content (AvgIpc) is 3.18. The fourth-order valence-electron chi connectivity index (χ4n) is 4.26. The summed E-state index contributed by atoms with van der Waals surface area (Å²) < 4.78 is 38.5. The van der Waals surface area contributed by atoms with Gasteiger partial charge >= 0.3 is 6.18 Å². The van der Waals surface area contributed by atoms with Crippen molar-refractivity contribution in [3.63, 3.8) is 0 Å². The molecule has 2 aliphatic rings. The molecular formula is C21H25ClF3N5OS. The second-order valence-corrected chi connectivity index (χ2v) is 9.72. The molecule has 4 rings (SSSR count). The molecule has 4 heterocycles. The molecule has 0 N–H and O–H groups in total. The van der Waals surface area contributed by atoms with Crippen molar-refractivity contribution in [2.24, 2.45) is 5.92 Å². The van der Waals surface area contributed by atoms with Gasteiger partial charge in [0.05, 0.1) is 21.3 Å². The van der Waals surface area contributed by atoms with Crippen LogP contribution in [-0.2, 0) is 17.5 Å². The molecule has 0 unspecified atom stereocenters. The first-order chi connectivity index (χ1) is 15.2. The van der Waals surface area contributed by atoms with E-state index >= 15 is 0 Å². The Labute approximate surface area is 194 Å².